The van der Waals surface area contributed by atoms with Crippen LogP contribution < -0.4 is 5.32 Å². The molecule has 0 aromatic carbocycles. The van der Waals surface area contributed by atoms with E-state index in [0.717, 1.165) is 6.42 Å². The fraction of sp³-hybridized carbons (Fsp3) is 0.462. The molecule has 1 fully saturated rings. The fourth-order valence-electron chi connectivity index (χ4n) is 2.61. The number of carboxylic acid groups (broad SMARTS) is 1. The molecule has 0 amide bonds. The Morgan fingerprint density at radius 3 is 2.90 bits per heavy atom. The number of aromatic carboxylic acids is 1. The second-order valence-electron chi connectivity index (χ2n) is 5.81. The van der Waals surface area contributed by atoms with E-state index in [1.165, 1.54) is 6.07 Å². The van der Waals surface area contributed by atoms with Gasteiger partial charge in [-0.2, -0.15) is 0 Å². The maximum Gasteiger partial charge on any atom is 0.354 e. The van der Waals surface area contributed by atoms with Crippen molar-refractivity contribution in [3.8, 4) is 0 Å². The summed E-state index contributed by atoms with van der Waals surface area (Å²) in [7, 11) is 0. The van der Waals surface area contributed by atoms with Crippen molar-refractivity contribution < 1.29 is 15.0 Å². The van der Waals surface area contributed by atoms with E-state index in [9.17, 15) is 9.90 Å². The van der Waals surface area contributed by atoms with Crippen molar-refractivity contribution >= 4 is 17.6 Å². The molecule has 2 atom stereocenters. The zero-order valence-corrected chi connectivity index (χ0v) is 11.2. The summed E-state index contributed by atoms with van der Waals surface area (Å²) in [6.07, 6.45) is 3.58. The Bertz CT molecular complexity index is 679. The number of aliphatic hydroxyl groups is 1. The van der Waals surface area contributed by atoms with Gasteiger partial charge in [0.15, 0.2) is 5.69 Å². The van der Waals surface area contributed by atoms with Crippen LogP contribution in [0.1, 0.15) is 30.8 Å². The lowest BCUT2D eigenvalue weighted by Gasteiger charge is -2.48. The summed E-state index contributed by atoms with van der Waals surface area (Å²) in [6.45, 7) is 3.98. The Morgan fingerprint density at radius 1 is 1.55 bits per heavy atom. The fourth-order valence-corrected chi connectivity index (χ4v) is 2.61. The van der Waals surface area contributed by atoms with Crippen LogP contribution in [-0.4, -0.2) is 42.7 Å². The number of hydrogen-bond donors (Lipinski definition) is 3. The van der Waals surface area contributed by atoms with E-state index >= 15 is 0 Å². The van der Waals surface area contributed by atoms with E-state index in [2.05, 4.69) is 15.3 Å². The number of carboxylic acids is 1. The average Bonchev–Trinajstić information content (AvgIpc) is 2.85. The molecule has 0 aliphatic heterocycles. The van der Waals surface area contributed by atoms with Crippen molar-refractivity contribution in [1.29, 1.82) is 0 Å². The number of carbonyl (C=O) groups is 1. The topological polar surface area (TPSA) is 99.8 Å². The Balaban J connectivity index is 1.95. The van der Waals surface area contributed by atoms with Gasteiger partial charge in [0.1, 0.15) is 5.65 Å². The largest absolute Gasteiger partial charge is 0.477 e. The molecule has 3 N–H and O–H groups in total. The molecule has 0 radical (unpaired) electrons. The molecule has 106 valence electrons. The summed E-state index contributed by atoms with van der Waals surface area (Å²) >= 11 is 0. The first kappa shape index (κ1) is 12.9. The highest BCUT2D eigenvalue weighted by Gasteiger charge is 2.46. The quantitative estimate of drug-likeness (QED) is 0.773. The van der Waals surface area contributed by atoms with Gasteiger partial charge in [-0.3, -0.25) is 4.40 Å². The second kappa shape index (κ2) is 4.17. The lowest BCUT2D eigenvalue weighted by atomic mass is 9.65. The minimum Gasteiger partial charge on any atom is -0.477 e. The normalized spacial score (nSPS) is 24.4. The molecule has 2 aromatic heterocycles. The molecule has 1 aliphatic rings. The van der Waals surface area contributed by atoms with Crippen LogP contribution >= 0.6 is 0 Å². The van der Waals surface area contributed by atoms with Gasteiger partial charge in [0, 0.05) is 18.5 Å². The molecule has 1 saturated carbocycles. The number of nitrogens with zero attached hydrogens (tertiary/aromatic N) is 3. The molecule has 2 aromatic rings. The molecular formula is C13H16N4O3. The van der Waals surface area contributed by atoms with E-state index in [1.54, 1.807) is 16.8 Å². The third-order valence-electron chi connectivity index (χ3n) is 3.85. The van der Waals surface area contributed by atoms with Crippen LogP contribution in [0.3, 0.4) is 0 Å². The molecule has 0 spiro atoms. The number of nitrogens with one attached hydrogen (secondary N) is 1. The number of anilines is 1. The highest BCUT2D eigenvalue weighted by Crippen LogP contribution is 2.41. The smallest absolute Gasteiger partial charge is 0.354 e. The van der Waals surface area contributed by atoms with Gasteiger partial charge in [0.05, 0.1) is 12.1 Å². The van der Waals surface area contributed by atoms with Crippen molar-refractivity contribution in [2.75, 3.05) is 5.32 Å². The molecule has 3 rings (SSSR count). The standard InChI is InChI=1S/C13H16N4O3/c1-13(2)6-8(10(13)18)16-12-15-7(11(19)20)5-9-14-3-4-17(9)12/h3-5,8,10,18H,6H2,1-2H3,(H,15,16)(H,19,20)/t8-,10-/m1/s1. The average molecular weight is 276 g/mol. The van der Waals surface area contributed by atoms with E-state index in [1.807, 2.05) is 13.8 Å². The predicted octanol–water partition coefficient (Wildman–Crippen LogP) is 0.999. The summed E-state index contributed by atoms with van der Waals surface area (Å²) in [5.41, 5.74) is 0.308. The summed E-state index contributed by atoms with van der Waals surface area (Å²) in [5, 5.41) is 22.2. The minimum atomic E-state index is -1.10. The summed E-state index contributed by atoms with van der Waals surface area (Å²) in [5.74, 6) is -0.718. The van der Waals surface area contributed by atoms with Gasteiger partial charge in [-0.25, -0.2) is 14.8 Å². The first-order valence-electron chi connectivity index (χ1n) is 6.40. The highest BCUT2D eigenvalue weighted by atomic mass is 16.4. The van der Waals surface area contributed by atoms with Crippen LogP contribution in [0.15, 0.2) is 18.5 Å². The summed E-state index contributed by atoms with van der Waals surface area (Å²) in [6, 6.07) is 1.28. The first-order valence-corrected chi connectivity index (χ1v) is 6.40. The number of rotatable bonds is 3. The second-order valence-corrected chi connectivity index (χ2v) is 5.81. The maximum atomic E-state index is 11.1. The number of aliphatic hydroxyl groups excluding tert-OH is 1. The molecule has 7 heteroatoms. The van der Waals surface area contributed by atoms with Crippen LogP contribution in [-0.2, 0) is 0 Å². The van der Waals surface area contributed by atoms with Gasteiger partial charge in [-0.15, -0.1) is 0 Å². The predicted molar refractivity (Wildman–Crippen MR) is 71.8 cm³/mol. The van der Waals surface area contributed by atoms with Gasteiger partial charge in [0.2, 0.25) is 5.95 Å². The molecule has 2 heterocycles. The zero-order chi connectivity index (χ0) is 14.5. The van der Waals surface area contributed by atoms with Crippen molar-refractivity contribution in [2.24, 2.45) is 5.41 Å². The van der Waals surface area contributed by atoms with Gasteiger partial charge in [-0.05, 0) is 11.8 Å². The van der Waals surface area contributed by atoms with Crippen LogP contribution in [0.5, 0.6) is 0 Å². The zero-order valence-electron chi connectivity index (χ0n) is 11.2. The van der Waals surface area contributed by atoms with Gasteiger partial charge >= 0.3 is 5.97 Å². The SMILES string of the molecule is CC1(C)C[C@@H](Nc2nc(C(=O)O)cc3nccn23)[C@H]1O. The van der Waals surface area contributed by atoms with E-state index < -0.39 is 12.1 Å². The number of imidazole rings is 1. The Labute approximate surface area is 115 Å². The summed E-state index contributed by atoms with van der Waals surface area (Å²) in [4.78, 5) is 19.2. The van der Waals surface area contributed by atoms with Gasteiger partial charge in [0.25, 0.3) is 0 Å². The molecule has 20 heavy (non-hydrogen) atoms. The molecular weight excluding hydrogens is 260 g/mol. The maximum absolute atomic E-state index is 11.1. The Morgan fingerprint density at radius 2 is 2.30 bits per heavy atom. The lowest BCUT2D eigenvalue weighted by molar-refractivity contribution is -0.0516. The van der Waals surface area contributed by atoms with Crippen molar-refractivity contribution in [3.63, 3.8) is 0 Å². The third-order valence-corrected chi connectivity index (χ3v) is 3.85. The lowest BCUT2D eigenvalue weighted by Crippen LogP contribution is -2.56. The highest BCUT2D eigenvalue weighted by molar-refractivity contribution is 5.87. The van der Waals surface area contributed by atoms with E-state index in [0.29, 0.717) is 11.6 Å². The third kappa shape index (κ3) is 1.90. The Kier molecular flexibility index (Phi) is 2.68. The Hall–Kier alpha value is -2.15. The molecule has 1 aliphatic carbocycles. The number of hydrogen-bond acceptors (Lipinski definition) is 5. The minimum absolute atomic E-state index is 0.0701. The number of fused-ring (bicyclic) bond motifs is 1. The van der Waals surface area contributed by atoms with Crippen LogP contribution in [0.25, 0.3) is 5.65 Å². The monoisotopic (exact) mass is 276 g/mol. The first-order chi connectivity index (χ1) is 9.38. The van der Waals surface area contributed by atoms with Gasteiger partial charge in [-0.1, -0.05) is 13.8 Å². The van der Waals surface area contributed by atoms with Crippen molar-refractivity contribution in [2.45, 2.75) is 32.4 Å². The van der Waals surface area contributed by atoms with Crippen molar-refractivity contribution in [1.82, 2.24) is 14.4 Å². The van der Waals surface area contributed by atoms with Gasteiger partial charge < -0.3 is 15.5 Å². The van der Waals surface area contributed by atoms with Crippen molar-refractivity contribution in [3.05, 3.63) is 24.2 Å². The van der Waals surface area contributed by atoms with Crippen LogP contribution in [0, 0.1) is 5.41 Å². The molecule has 0 bridgehead atoms. The number of aromatic nitrogens is 3. The van der Waals surface area contributed by atoms with E-state index in [4.69, 9.17) is 5.11 Å². The molecule has 0 saturated heterocycles. The molecule has 0 unspecified atom stereocenters. The van der Waals surface area contributed by atoms with Crippen LogP contribution in [0.4, 0.5) is 5.95 Å². The summed E-state index contributed by atoms with van der Waals surface area (Å²) < 4.78 is 1.67. The van der Waals surface area contributed by atoms with Crippen LogP contribution in [0.2, 0.25) is 0 Å². The molecule has 7 nitrogen and oxygen atoms in total. The van der Waals surface area contributed by atoms with E-state index in [-0.39, 0.29) is 17.2 Å².